The molecule has 2 aromatic rings. The van der Waals surface area contributed by atoms with Gasteiger partial charge in [-0.2, -0.15) is 5.26 Å². The van der Waals surface area contributed by atoms with Crippen molar-refractivity contribution in [3.05, 3.63) is 50.9 Å². The third kappa shape index (κ3) is 3.97. The maximum Gasteiger partial charge on any atom is 0.317 e. The van der Waals surface area contributed by atoms with Crippen molar-refractivity contribution in [3.8, 4) is 6.07 Å². The number of nitrogens with zero attached hydrogens (tertiary/aromatic N) is 1. The van der Waals surface area contributed by atoms with E-state index in [-0.39, 0.29) is 12.6 Å². The number of rotatable bonds is 5. The van der Waals surface area contributed by atoms with Crippen LogP contribution >= 0.6 is 22.9 Å². The molecule has 2 aliphatic rings. The largest absolute Gasteiger partial charge is 0.455 e. The highest BCUT2D eigenvalue weighted by molar-refractivity contribution is 7.16. The van der Waals surface area contributed by atoms with Crippen molar-refractivity contribution in [1.82, 2.24) is 0 Å². The van der Waals surface area contributed by atoms with Crippen LogP contribution in [0.5, 0.6) is 0 Å². The first-order valence-corrected chi connectivity index (χ1v) is 11.5. The van der Waals surface area contributed by atoms with Crippen molar-refractivity contribution in [1.29, 1.82) is 5.26 Å². The molecule has 1 fully saturated rings. The number of carbonyl (C=O) groups is 2. The number of halogens is 1. The summed E-state index contributed by atoms with van der Waals surface area (Å²) in [6, 6.07) is 9.51. The second-order valence-electron chi connectivity index (χ2n) is 7.95. The van der Waals surface area contributed by atoms with Gasteiger partial charge in [-0.25, -0.2) is 0 Å². The summed E-state index contributed by atoms with van der Waals surface area (Å²) < 4.78 is 5.46. The topological polar surface area (TPSA) is 79.2 Å². The zero-order valence-electron chi connectivity index (χ0n) is 16.6. The normalized spacial score (nSPS) is 17.1. The first-order chi connectivity index (χ1) is 14.5. The second-order valence-corrected chi connectivity index (χ2v) is 9.49. The van der Waals surface area contributed by atoms with E-state index < -0.39 is 11.3 Å². The number of hydrogen-bond donors (Lipinski definition) is 1. The third-order valence-corrected chi connectivity index (χ3v) is 7.57. The zero-order valence-corrected chi connectivity index (χ0v) is 18.2. The maximum absolute atomic E-state index is 13.0. The minimum absolute atomic E-state index is 0.360. The van der Waals surface area contributed by atoms with E-state index in [1.54, 1.807) is 12.1 Å². The van der Waals surface area contributed by atoms with E-state index in [4.69, 9.17) is 16.3 Å². The van der Waals surface area contributed by atoms with Crippen LogP contribution in [0.1, 0.15) is 60.1 Å². The van der Waals surface area contributed by atoms with Crippen LogP contribution in [0, 0.1) is 11.3 Å². The van der Waals surface area contributed by atoms with Gasteiger partial charge in [-0.1, -0.05) is 36.6 Å². The van der Waals surface area contributed by atoms with Gasteiger partial charge in [-0.05, 0) is 61.8 Å². The predicted molar refractivity (Wildman–Crippen MR) is 117 cm³/mol. The molecule has 0 bridgehead atoms. The van der Waals surface area contributed by atoms with Crippen LogP contribution in [0.3, 0.4) is 0 Å². The number of benzene rings is 1. The molecule has 4 rings (SSSR count). The lowest BCUT2D eigenvalue weighted by molar-refractivity contribution is -0.153. The summed E-state index contributed by atoms with van der Waals surface area (Å²) >= 11 is 7.46. The Bertz CT molecular complexity index is 1000. The lowest BCUT2D eigenvalue weighted by atomic mass is 9.79. The van der Waals surface area contributed by atoms with Crippen LogP contribution in [-0.4, -0.2) is 18.5 Å². The molecule has 2 aliphatic carbocycles. The quantitative estimate of drug-likeness (QED) is 0.649. The minimum atomic E-state index is -0.718. The van der Waals surface area contributed by atoms with Crippen LogP contribution in [-0.2, 0) is 32.6 Å². The van der Waals surface area contributed by atoms with Gasteiger partial charge in [0.1, 0.15) is 11.1 Å². The summed E-state index contributed by atoms with van der Waals surface area (Å²) in [7, 11) is 0. The number of carbonyl (C=O) groups excluding carboxylic acids is 2. The summed E-state index contributed by atoms with van der Waals surface area (Å²) in [5.41, 5.74) is 1.79. The summed E-state index contributed by atoms with van der Waals surface area (Å²) in [6.45, 7) is -0.360. The molecule has 0 unspecified atom stereocenters. The van der Waals surface area contributed by atoms with E-state index >= 15 is 0 Å². The number of nitriles is 1. The SMILES string of the molecule is N#Cc1c(NC(=O)COC(=O)C2(c3ccc(Cl)cc3)CCCC2)sc2c1CCCC2. The Morgan fingerprint density at radius 3 is 2.53 bits per heavy atom. The fourth-order valence-corrected chi connectivity index (χ4v) is 5.94. The number of esters is 1. The van der Waals surface area contributed by atoms with Gasteiger partial charge in [0.2, 0.25) is 0 Å². The lowest BCUT2D eigenvalue weighted by Crippen LogP contribution is -2.36. The number of anilines is 1. The minimum Gasteiger partial charge on any atom is -0.455 e. The molecule has 0 radical (unpaired) electrons. The van der Waals surface area contributed by atoms with Crippen molar-refractivity contribution < 1.29 is 14.3 Å². The number of ether oxygens (including phenoxy) is 1. The fourth-order valence-electron chi connectivity index (χ4n) is 4.56. The lowest BCUT2D eigenvalue weighted by Gasteiger charge is -2.27. The number of hydrogen-bond acceptors (Lipinski definition) is 5. The molecular weight excluding hydrogens is 420 g/mol. The Labute approximate surface area is 185 Å². The molecule has 1 heterocycles. The maximum atomic E-state index is 13.0. The Balaban J connectivity index is 1.43. The first kappa shape index (κ1) is 20.9. The van der Waals surface area contributed by atoms with Crippen LogP contribution in [0.25, 0.3) is 0 Å². The monoisotopic (exact) mass is 442 g/mol. The summed E-state index contributed by atoms with van der Waals surface area (Å²) in [6.07, 6.45) is 7.28. The molecule has 0 atom stereocenters. The van der Waals surface area contributed by atoms with E-state index in [0.717, 1.165) is 49.7 Å². The first-order valence-electron chi connectivity index (χ1n) is 10.3. The van der Waals surface area contributed by atoms with Gasteiger partial charge in [0.15, 0.2) is 6.61 Å². The zero-order chi connectivity index (χ0) is 21.1. The standard InChI is InChI=1S/C23H23ClN2O3S/c24-16-9-7-15(8-10-16)23(11-3-4-12-23)22(28)29-14-20(27)26-21-18(13-25)17-5-1-2-6-19(17)30-21/h7-10H,1-6,11-12,14H2,(H,26,27). The van der Waals surface area contributed by atoms with E-state index in [0.29, 0.717) is 28.4 Å². The number of thiophene rings is 1. The smallest absolute Gasteiger partial charge is 0.317 e. The van der Waals surface area contributed by atoms with E-state index in [1.165, 1.54) is 16.2 Å². The highest BCUT2D eigenvalue weighted by atomic mass is 35.5. The molecule has 0 spiro atoms. The van der Waals surface area contributed by atoms with Crippen LogP contribution in [0.15, 0.2) is 24.3 Å². The second kappa shape index (κ2) is 8.79. The van der Waals surface area contributed by atoms with Crippen molar-refractivity contribution in [2.24, 2.45) is 0 Å². The average Bonchev–Trinajstić information content (AvgIpc) is 3.38. The molecule has 1 aromatic heterocycles. The Morgan fingerprint density at radius 1 is 1.13 bits per heavy atom. The molecule has 1 aromatic carbocycles. The molecule has 156 valence electrons. The number of amides is 1. The average molecular weight is 443 g/mol. The molecule has 1 amide bonds. The van der Waals surface area contributed by atoms with Crippen molar-refractivity contribution in [2.45, 2.75) is 56.8 Å². The molecule has 0 saturated heterocycles. The predicted octanol–water partition coefficient (Wildman–Crippen LogP) is 5.15. The summed E-state index contributed by atoms with van der Waals surface area (Å²) in [4.78, 5) is 26.7. The van der Waals surface area contributed by atoms with Gasteiger partial charge in [0.25, 0.3) is 5.91 Å². The Morgan fingerprint density at radius 2 is 1.83 bits per heavy atom. The van der Waals surface area contributed by atoms with Gasteiger partial charge in [-0.15, -0.1) is 11.3 Å². The van der Waals surface area contributed by atoms with Gasteiger partial charge < -0.3 is 10.1 Å². The molecule has 0 aliphatic heterocycles. The van der Waals surface area contributed by atoms with Crippen LogP contribution < -0.4 is 5.32 Å². The molecule has 5 nitrogen and oxygen atoms in total. The van der Waals surface area contributed by atoms with E-state index in [2.05, 4.69) is 11.4 Å². The number of fused-ring (bicyclic) bond motifs is 1. The van der Waals surface area contributed by atoms with E-state index in [1.807, 2.05) is 12.1 Å². The number of aryl methyl sites for hydroxylation is 1. The molecule has 30 heavy (non-hydrogen) atoms. The molecule has 1 saturated carbocycles. The van der Waals surface area contributed by atoms with Gasteiger partial charge in [-0.3, -0.25) is 9.59 Å². The van der Waals surface area contributed by atoms with Crippen molar-refractivity contribution >= 4 is 39.8 Å². The summed E-state index contributed by atoms with van der Waals surface area (Å²) in [5.74, 6) is -0.786. The fraction of sp³-hybridized carbons (Fsp3) is 0.435. The Hall–Kier alpha value is -2.36. The highest BCUT2D eigenvalue weighted by Gasteiger charge is 2.44. The van der Waals surface area contributed by atoms with E-state index in [9.17, 15) is 14.9 Å². The highest BCUT2D eigenvalue weighted by Crippen LogP contribution is 2.42. The molecular formula is C23H23ClN2O3S. The molecule has 1 N–H and O–H groups in total. The van der Waals surface area contributed by atoms with Gasteiger partial charge >= 0.3 is 5.97 Å². The van der Waals surface area contributed by atoms with Gasteiger partial charge in [0, 0.05) is 9.90 Å². The van der Waals surface area contributed by atoms with Crippen LogP contribution in [0.4, 0.5) is 5.00 Å². The van der Waals surface area contributed by atoms with Crippen molar-refractivity contribution in [2.75, 3.05) is 11.9 Å². The van der Waals surface area contributed by atoms with Crippen LogP contribution in [0.2, 0.25) is 5.02 Å². The Kier molecular flexibility index (Phi) is 6.12. The van der Waals surface area contributed by atoms with Crippen molar-refractivity contribution in [3.63, 3.8) is 0 Å². The summed E-state index contributed by atoms with van der Waals surface area (Å²) in [5, 5.41) is 13.5. The van der Waals surface area contributed by atoms with Gasteiger partial charge in [0.05, 0.1) is 11.0 Å². The number of nitrogens with one attached hydrogen (secondary N) is 1. The molecule has 7 heteroatoms. The third-order valence-electron chi connectivity index (χ3n) is 6.12.